The number of aromatic hydroxyl groups is 2. The molecule has 0 aliphatic carbocycles. The fourth-order valence-electron chi connectivity index (χ4n) is 1.75. The van der Waals surface area contributed by atoms with Gasteiger partial charge in [-0.2, -0.15) is 0 Å². The highest BCUT2D eigenvalue weighted by Gasteiger charge is 2.17. The number of furan rings is 1. The van der Waals surface area contributed by atoms with Gasteiger partial charge in [0.1, 0.15) is 11.3 Å². The van der Waals surface area contributed by atoms with Gasteiger partial charge in [0.25, 0.3) is 0 Å². The molecule has 0 atom stereocenters. The standard InChI is InChI=1S/C13H8O5/c14-7-3-4-9-8(6-7)11(15)12(16)13(18-9)10-2-1-5-17-10/h1-6,14,16H. The van der Waals surface area contributed by atoms with Gasteiger partial charge < -0.3 is 19.0 Å². The first-order valence-corrected chi connectivity index (χ1v) is 5.19. The Morgan fingerprint density at radius 1 is 1.11 bits per heavy atom. The Balaban J connectivity index is 2.40. The van der Waals surface area contributed by atoms with E-state index in [0.717, 1.165) is 0 Å². The van der Waals surface area contributed by atoms with Crippen molar-refractivity contribution in [2.24, 2.45) is 0 Å². The molecular formula is C13H8O5. The molecule has 0 bridgehead atoms. The lowest BCUT2D eigenvalue weighted by Gasteiger charge is -2.03. The van der Waals surface area contributed by atoms with Crippen molar-refractivity contribution in [1.29, 1.82) is 0 Å². The van der Waals surface area contributed by atoms with E-state index >= 15 is 0 Å². The minimum atomic E-state index is -0.612. The summed E-state index contributed by atoms with van der Waals surface area (Å²) >= 11 is 0. The van der Waals surface area contributed by atoms with Crippen LogP contribution in [0.4, 0.5) is 0 Å². The fraction of sp³-hybridized carbons (Fsp3) is 0. The highest BCUT2D eigenvalue weighted by Crippen LogP contribution is 2.30. The maximum atomic E-state index is 11.9. The van der Waals surface area contributed by atoms with E-state index in [0.29, 0.717) is 0 Å². The van der Waals surface area contributed by atoms with Crippen molar-refractivity contribution in [2.75, 3.05) is 0 Å². The lowest BCUT2D eigenvalue weighted by molar-refractivity contribution is 0.439. The van der Waals surface area contributed by atoms with E-state index in [9.17, 15) is 15.0 Å². The van der Waals surface area contributed by atoms with E-state index in [1.54, 1.807) is 12.1 Å². The summed E-state index contributed by atoms with van der Waals surface area (Å²) in [6.45, 7) is 0. The van der Waals surface area contributed by atoms with Crippen LogP contribution in [0.2, 0.25) is 0 Å². The van der Waals surface area contributed by atoms with Crippen LogP contribution in [0.15, 0.2) is 50.2 Å². The quantitative estimate of drug-likeness (QED) is 0.686. The molecular weight excluding hydrogens is 236 g/mol. The molecule has 2 heterocycles. The zero-order chi connectivity index (χ0) is 12.7. The molecule has 0 saturated carbocycles. The molecule has 0 radical (unpaired) electrons. The van der Waals surface area contributed by atoms with Crippen LogP contribution in [0.5, 0.6) is 11.5 Å². The Hall–Kier alpha value is -2.69. The molecule has 0 amide bonds. The molecule has 0 unspecified atom stereocenters. The second kappa shape index (κ2) is 3.66. The summed E-state index contributed by atoms with van der Waals surface area (Å²) in [4.78, 5) is 11.9. The number of rotatable bonds is 1. The fourth-order valence-corrected chi connectivity index (χ4v) is 1.75. The molecule has 2 aromatic heterocycles. The number of fused-ring (bicyclic) bond motifs is 1. The van der Waals surface area contributed by atoms with Gasteiger partial charge in [0.2, 0.25) is 16.9 Å². The monoisotopic (exact) mass is 244 g/mol. The Morgan fingerprint density at radius 2 is 1.94 bits per heavy atom. The van der Waals surface area contributed by atoms with Crippen molar-refractivity contribution in [1.82, 2.24) is 0 Å². The van der Waals surface area contributed by atoms with Gasteiger partial charge in [0.05, 0.1) is 11.6 Å². The Bertz CT molecular complexity index is 768. The van der Waals surface area contributed by atoms with Crippen LogP contribution in [0.25, 0.3) is 22.5 Å². The van der Waals surface area contributed by atoms with Crippen LogP contribution in [0.3, 0.4) is 0 Å². The van der Waals surface area contributed by atoms with Gasteiger partial charge in [-0.05, 0) is 30.3 Å². The van der Waals surface area contributed by atoms with Gasteiger partial charge in [-0.1, -0.05) is 0 Å². The van der Waals surface area contributed by atoms with Crippen molar-refractivity contribution in [2.45, 2.75) is 0 Å². The van der Waals surface area contributed by atoms with Gasteiger partial charge in [-0.3, -0.25) is 4.79 Å². The molecule has 3 aromatic rings. The van der Waals surface area contributed by atoms with E-state index in [2.05, 4.69) is 0 Å². The van der Waals surface area contributed by atoms with Gasteiger partial charge in [-0.25, -0.2) is 0 Å². The SMILES string of the molecule is O=c1c(O)c(-c2ccco2)oc2ccc(O)cc12. The second-order valence-electron chi connectivity index (χ2n) is 3.77. The summed E-state index contributed by atoms with van der Waals surface area (Å²) in [5, 5.41) is 19.2. The van der Waals surface area contributed by atoms with Gasteiger partial charge in [0.15, 0.2) is 5.76 Å². The average Bonchev–Trinajstić information content (AvgIpc) is 2.88. The lowest BCUT2D eigenvalue weighted by Crippen LogP contribution is -2.02. The minimum absolute atomic E-state index is 0.0248. The van der Waals surface area contributed by atoms with Crippen LogP contribution in [-0.4, -0.2) is 10.2 Å². The van der Waals surface area contributed by atoms with E-state index < -0.39 is 11.2 Å². The van der Waals surface area contributed by atoms with Gasteiger partial charge in [-0.15, -0.1) is 0 Å². The molecule has 0 fully saturated rings. The second-order valence-corrected chi connectivity index (χ2v) is 3.77. The molecule has 0 aliphatic heterocycles. The first kappa shape index (κ1) is 10.5. The van der Waals surface area contributed by atoms with Crippen molar-refractivity contribution in [3.05, 3.63) is 46.8 Å². The lowest BCUT2D eigenvalue weighted by atomic mass is 10.2. The van der Waals surface area contributed by atoms with Crippen molar-refractivity contribution in [3.8, 4) is 23.0 Å². The molecule has 18 heavy (non-hydrogen) atoms. The summed E-state index contributed by atoms with van der Waals surface area (Å²) in [5.41, 5.74) is -0.347. The van der Waals surface area contributed by atoms with Crippen molar-refractivity contribution in [3.63, 3.8) is 0 Å². The predicted octanol–water partition coefficient (Wildman–Crippen LogP) is 2.46. The summed E-state index contributed by atoms with van der Waals surface area (Å²) < 4.78 is 10.5. The van der Waals surface area contributed by atoms with E-state index in [1.165, 1.54) is 24.5 Å². The third-order valence-corrected chi connectivity index (χ3v) is 2.59. The Morgan fingerprint density at radius 3 is 2.67 bits per heavy atom. The van der Waals surface area contributed by atoms with Crippen molar-refractivity contribution < 1.29 is 19.0 Å². The topological polar surface area (TPSA) is 83.8 Å². The molecule has 5 nitrogen and oxygen atoms in total. The van der Waals surface area contributed by atoms with Crippen LogP contribution in [0.1, 0.15) is 0 Å². The number of phenolic OH excluding ortho intramolecular Hbond substituents is 1. The smallest absolute Gasteiger partial charge is 0.235 e. The maximum Gasteiger partial charge on any atom is 0.235 e. The first-order chi connectivity index (χ1) is 8.66. The first-order valence-electron chi connectivity index (χ1n) is 5.19. The van der Waals surface area contributed by atoms with Gasteiger partial charge >= 0.3 is 0 Å². The molecule has 5 heteroatoms. The summed E-state index contributed by atoms with van der Waals surface area (Å²) in [6, 6.07) is 7.29. The normalized spacial score (nSPS) is 10.9. The molecule has 1 aromatic carbocycles. The van der Waals surface area contributed by atoms with E-state index in [1.807, 2.05) is 0 Å². The summed E-state index contributed by atoms with van der Waals surface area (Å²) in [6.07, 6.45) is 1.41. The average molecular weight is 244 g/mol. The highest BCUT2D eigenvalue weighted by atomic mass is 16.4. The van der Waals surface area contributed by atoms with Crippen LogP contribution < -0.4 is 5.43 Å². The number of phenols is 1. The molecule has 90 valence electrons. The minimum Gasteiger partial charge on any atom is -0.508 e. The molecule has 2 N–H and O–H groups in total. The zero-order valence-corrected chi connectivity index (χ0v) is 9.08. The Kier molecular flexibility index (Phi) is 2.13. The molecule has 3 rings (SSSR count). The van der Waals surface area contributed by atoms with Crippen LogP contribution in [-0.2, 0) is 0 Å². The van der Waals surface area contributed by atoms with Crippen LogP contribution in [0, 0.1) is 0 Å². The summed E-state index contributed by atoms with van der Waals surface area (Å²) in [5.74, 6) is -0.370. The summed E-state index contributed by atoms with van der Waals surface area (Å²) in [7, 11) is 0. The number of hydrogen-bond donors (Lipinski definition) is 2. The molecule has 0 saturated heterocycles. The molecule has 0 aliphatic rings. The highest BCUT2D eigenvalue weighted by molar-refractivity contribution is 5.82. The third kappa shape index (κ3) is 1.45. The number of hydrogen-bond acceptors (Lipinski definition) is 5. The third-order valence-electron chi connectivity index (χ3n) is 2.59. The van der Waals surface area contributed by atoms with Crippen molar-refractivity contribution >= 4 is 11.0 Å². The largest absolute Gasteiger partial charge is 0.508 e. The Labute approximate surface area is 101 Å². The van der Waals surface area contributed by atoms with Crippen LogP contribution >= 0.6 is 0 Å². The number of benzene rings is 1. The maximum absolute atomic E-state index is 11.9. The zero-order valence-electron chi connectivity index (χ0n) is 9.08. The van der Waals surface area contributed by atoms with E-state index in [-0.39, 0.29) is 28.2 Å². The van der Waals surface area contributed by atoms with E-state index in [4.69, 9.17) is 8.83 Å². The molecule has 0 spiro atoms. The van der Waals surface area contributed by atoms with Gasteiger partial charge in [0, 0.05) is 0 Å². The predicted molar refractivity (Wildman–Crippen MR) is 63.5 cm³/mol.